The van der Waals surface area contributed by atoms with Crippen molar-refractivity contribution in [2.45, 2.75) is 39.3 Å². The van der Waals surface area contributed by atoms with Crippen LogP contribution in [0.2, 0.25) is 0 Å². The number of carbonyl (C=O) groups is 1. The molecule has 0 aromatic heterocycles. The maximum atomic E-state index is 11.8. The second-order valence-corrected chi connectivity index (χ2v) is 4.62. The molecule has 0 bridgehead atoms. The van der Waals surface area contributed by atoms with Gasteiger partial charge in [-0.3, -0.25) is 4.79 Å². The number of amides is 1. The number of likely N-dealkylation sites (N-methyl/N-ethyl adjacent to an activating group) is 1. The summed E-state index contributed by atoms with van der Waals surface area (Å²) in [4.78, 5) is 13.6. The lowest BCUT2D eigenvalue weighted by Gasteiger charge is -2.39. The first-order valence-corrected chi connectivity index (χ1v) is 5.62. The number of nitrogens with one attached hydrogen (secondary N) is 1. The van der Waals surface area contributed by atoms with Crippen molar-refractivity contribution in [1.82, 2.24) is 10.2 Å². The van der Waals surface area contributed by atoms with E-state index in [2.05, 4.69) is 5.32 Å². The Morgan fingerprint density at radius 2 is 2.13 bits per heavy atom. The zero-order valence-electron chi connectivity index (χ0n) is 10.2. The summed E-state index contributed by atoms with van der Waals surface area (Å²) in [6.07, 6.45) is 0. The molecule has 0 aliphatic carbocycles. The van der Waals surface area contributed by atoms with Gasteiger partial charge in [-0.1, -0.05) is 0 Å². The highest BCUT2D eigenvalue weighted by Crippen LogP contribution is 2.15. The highest BCUT2D eigenvalue weighted by molar-refractivity contribution is 5.77. The fourth-order valence-electron chi connectivity index (χ4n) is 1.73. The Morgan fingerprint density at radius 3 is 2.47 bits per heavy atom. The van der Waals surface area contributed by atoms with Crippen LogP contribution in [0, 0.1) is 0 Å². The van der Waals surface area contributed by atoms with Gasteiger partial charge >= 0.3 is 0 Å². The maximum absolute atomic E-state index is 11.8. The summed E-state index contributed by atoms with van der Waals surface area (Å²) >= 11 is 0. The molecule has 1 saturated heterocycles. The molecule has 0 saturated carbocycles. The second kappa shape index (κ2) is 4.94. The average molecular weight is 214 g/mol. The average Bonchev–Trinajstić information content (AvgIpc) is 2.12. The molecule has 1 aliphatic rings. The fraction of sp³-hybridized carbons (Fsp3) is 0.909. The van der Waals surface area contributed by atoms with Gasteiger partial charge in [0.05, 0.1) is 5.60 Å². The topological polar surface area (TPSA) is 41.6 Å². The summed E-state index contributed by atoms with van der Waals surface area (Å²) in [5.41, 5.74) is -0.133. The van der Waals surface area contributed by atoms with Crippen LogP contribution in [0.5, 0.6) is 0 Å². The maximum Gasteiger partial charge on any atom is 0.248 e. The van der Waals surface area contributed by atoms with E-state index in [9.17, 15) is 4.79 Å². The Hall–Kier alpha value is -0.610. The van der Waals surface area contributed by atoms with Crippen LogP contribution in [0.3, 0.4) is 0 Å². The van der Waals surface area contributed by atoms with Crippen molar-refractivity contribution in [2.75, 3.05) is 26.2 Å². The van der Waals surface area contributed by atoms with Crippen LogP contribution in [0.15, 0.2) is 0 Å². The predicted octanol–water partition coefficient (Wildman–Crippen LogP) is 0.622. The molecule has 88 valence electrons. The lowest BCUT2D eigenvalue weighted by Crippen LogP contribution is -2.59. The lowest BCUT2D eigenvalue weighted by atomic mass is 10.0. The first-order chi connectivity index (χ1) is 6.98. The quantitative estimate of drug-likeness (QED) is 0.729. The lowest BCUT2D eigenvalue weighted by molar-refractivity contribution is -0.147. The Morgan fingerprint density at radius 1 is 1.53 bits per heavy atom. The molecule has 15 heavy (non-hydrogen) atoms. The fourth-order valence-corrected chi connectivity index (χ4v) is 1.73. The monoisotopic (exact) mass is 214 g/mol. The number of hydrogen-bond acceptors (Lipinski definition) is 3. The van der Waals surface area contributed by atoms with E-state index in [1.165, 1.54) is 0 Å². The molecule has 1 N–H and O–H groups in total. The van der Waals surface area contributed by atoms with E-state index in [0.29, 0.717) is 0 Å². The number of hydrogen-bond donors (Lipinski definition) is 1. The smallest absolute Gasteiger partial charge is 0.248 e. The van der Waals surface area contributed by atoms with Gasteiger partial charge in [0.15, 0.2) is 0 Å². The van der Waals surface area contributed by atoms with Crippen LogP contribution in [0.25, 0.3) is 0 Å². The van der Waals surface area contributed by atoms with E-state index in [0.717, 1.165) is 19.6 Å². The Balaban J connectivity index is 2.34. The highest BCUT2D eigenvalue weighted by Gasteiger charge is 2.33. The van der Waals surface area contributed by atoms with Gasteiger partial charge in [-0.2, -0.15) is 0 Å². The van der Waals surface area contributed by atoms with Gasteiger partial charge < -0.3 is 15.0 Å². The molecule has 1 amide bonds. The molecule has 1 rings (SSSR count). The molecule has 0 unspecified atom stereocenters. The van der Waals surface area contributed by atoms with E-state index in [-0.39, 0.29) is 24.2 Å². The Labute approximate surface area is 92.0 Å². The van der Waals surface area contributed by atoms with Gasteiger partial charge in [-0.15, -0.1) is 0 Å². The molecule has 4 nitrogen and oxygen atoms in total. The standard InChI is InChI=1S/C11H22N2O2/c1-5-13(9(2)3)10(14)6-15-11(4)7-12-8-11/h9,12H,5-8H2,1-4H3. The normalized spacial score (nSPS) is 18.7. The minimum absolute atomic E-state index is 0.0839. The third-order valence-corrected chi connectivity index (χ3v) is 2.83. The third kappa shape index (κ3) is 3.18. The zero-order chi connectivity index (χ0) is 11.5. The molecule has 0 aromatic carbocycles. The van der Waals surface area contributed by atoms with Crippen molar-refractivity contribution < 1.29 is 9.53 Å². The van der Waals surface area contributed by atoms with Crippen molar-refractivity contribution in [3.8, 4) is 0 Å². The Bertz CT molecular complexity index is 225. The van der Waals surface area contributed by atoms with Gasteiger partial charge in [0, 0.05) is 25.7 Å². The van der Waals surface area contributed by atoms with E-state index in [4.69, 9.17) is 4.74 Å². The summed E-state index contributed by atoms with van der Waals surface area (Å²) in [5, 5.41) is 3.14. The molecule has 1 aliphatic heterocycles. The predicted molar refractivity (Wildman–Crippen MR) is 59.7 cm³/mol. The second-order valence-electron chi connectivity index (χ2n) is 4.62. The molecular weight excluding hydrogens is 192 g/mol. The first-order valence-electron chi connectivity index (χ1n) is 5.62. The van der Waals surface area contributed by atoms with Gasteiger partial charge in [-0.25, -0.2) is 0 Å². The molecule has 4 heteroatoms. The number of rotatable bonds is 5. The first kappa shape index (κ1) is 12.5. The van der Waals surface area contributed by atoms with Crippen LogP contribution in [-0.2, 0) is 9.53 Å². The van der Waals surface area contributed by atoms with E-state index in [1.807, 2.05) is 32.6 Å². The Kier molecular flexibility index (Phi) is 4.11. The van der Waals surface area contributed by atoms with E-state index < -0.39 is 0 Å². The van der Waals surface area contributed by atoms with Crippen LogP contribution in [0.1, 0.15) is 27.7 Å². The van der Waals surface area contributed by atoms with E-state index in [1.54, 1.807) is 0 Å². The minimum Gasteiger partial charge on any atom is -0.363 e. The number of ether oxygens (including phenoxy) is 1. The zero-order valence-corrected chi connectivity index (χ0v) is 10.2. The number of nitrogens with zero attached hydrogens (tertiary/aromatic N) is 1. The van der Waals surface area contributed by atoms with Crippen molar-refractivity contribution in [3.63, 3.8) is 0 Å². The molecule has 0 spiro atoms. The van der Waals surface area contributed by atoms with Crippen LogP contribution >= 0.6 is 0 Å². The van der Waals surface area contributed by atoms with Crippen LogP contribution < -0.4 is 5.32 Å². The van der Waals surface area contributed by atoms with Crippen molar-refractivity contribution in [3.05, 3.63) is 0 Å². The van der Waals surface area contributed by atoms with Crippen molar-refractivity contribution in [2.24, 2.45) is 0 Å². The summed E-state index contributed by atoms with van der Waals surface area (Å²) < 4.78 is 5.61. The summed E-state index contributed by atoms with van der Waals surface area (Å²) in [7, 11) is 0. The van der Waals surface area contributed by atoms with Crippen LogP contribution in [-0.4, -0.2) is 48.7 Å². The molecular formula is C11H22N2O2. The van der Waals surface area contributed by atoms with Crippen molar-refractivity contribution in [1.29, 1.82) is 0 Å². The molecule has 1 heterocycles. The molecule has 0 atom stereocenters. The molecule has 0 aromatic rings. The largest absolute Gasteiger partial charge is 0.363 e. The van der Waals surface area contributed by atoms with E-state index >= 15 is 0 Å². The molecule has 1 fully saturated rings. The SMILES string of the molecule is CCN(C(=O)COC1(C)CNC1)C(C)C. The minimum atomic E-state index is -0.133. The molecule has 0 radical (unpaired) electrons. The third-order valence-electron chi connectivity index (χ3n) is 2.83. The highest BCUT2D eigenvalue weighted by atomic mass is 16.5. The van der Waals surface area contributed by atoms with Gasteiger partial charge in [0.2, 0.25) is 5.91 Å². The van der Waals surface area contributed by atoms with Crippen molar-refractivity contribution >= 4 is 5.91 Å². The van der Waals surface area contributed by atoms with Crippen LogP contribution in [0.4, 0.5) is 0 Å². The summed E-state index contributed by atoms with van der Waals surface area (Å²) in [6, 6.07) is 0.249. The summed E-state index contributed by atoms with van der Waals surface area (Å²) in [5.74, 6) is 0.0839. The van der Waals surface area contributed by atoms with Gasteiger partial charge in [0.25, 0.3) is 0 Å². The van der Waals surface area contributed by atoms with Gasteiger partial charge in [-0.05, 0) is 27.7 Å². The van der Waals surface area contributed by atoms with Gasteiger partial charge in [0.1, 0.15) is 6.61 Å². The number of carbonyl (C=O) groups excluding carboxylic acids is 1. The summed E-state index contributed by atoms with van der Waals surface area (Å²) in [6.45, 7) is 10.7.